The molecule has 3 heterocycles. The van der Waals surface area contributed by atoms with E-state index in [1.54, 1.807) is 0 Å². The lowest BCUT2D eigenvalue weighted by Gasteiger charge is -2.09. The highest BCUT2D eigenvalue weighted by Crippen LogP contribution is 2.38. The Morgan fingerprint density at radius 1 is 0.615 bits per heavy atom. The monoisotopic (exact) mass is 504 g/mol. The number of aromatic nitrogens is 3. The van der Waals surface area contributed by atoms with Crippen LogP contribution in [0, 0.1) is 6.92 Å². The number of rotatable bonds is 4. The van der Waals surface area contributed by atoms with Gasteiger partial charge < -0.3 is 4.42 Å². The molecular formula is C35H26N3O+. The predicted octanol–water partition coefficient (Wildman–Crippen LogP) is 8.18. The third-order valence-corrected chi connectivity index (χ3v) is 7.28. The first kappa shape index (κ1) is 23.1. The van der Waals surface area contributed by atoms with Crippen LogP contribution in [-0.4, -0.2) is 9.97 Å². The zero-order valence-electron chi connectivity index (χ0n) is 21.8. The van der Waals surface area contributed by atoms with E-state index in [9.17, 15) is 0 Å². The fourth-order valence-electron chi connectivity index (χ4n) is 5.27. The fraction of sp³-hybridized carbons (Fsp3) is 0.0571. The smallest absolute Gasteiger partial charge is 0.216 e. The van der Waals surface area contributed by atoms with E-state index in [-0.39, 0.29) is 0 Å². The highest BCUT2D eigenvalue weighted by molar-refractivity contribution is 6.10. The first-order valence-corrected chi connectivity index (χ1v) is 13.1. The van der Waals surface area contributed by atoms with Crippen molar-refractivity contribution in [1.29, 1.82) is 0 Å². The van der Waals surface area contributed by atoms with E-state index in [0.29, 0.717) is 5.82 Å². The standard InChI is InChI=1S/C35H26N3O/c1-23-16-18-28-27-19-17-26(21-32(27)39-34(28)33(23)31-15-9-10-20-38(31)2)30-22-29(24-11-5-3-6-12-24)36-35(37-30)25-13-7-4-8-14-25/h3-22H,1-2H3/q+1. The lowest BCUT2D eigenvalue weighted by atomic mass is 10.00. The number of hydrogen-bond acceptors (Lipinski definition) is 3. The van der Waals surface area contributed by atoms with Gasteiger partial charge in [-0.2, -0.15) is 0 Å². The van der Waals surface area contributed by atoms with Gasteiger partial charge in [0.05, 0.1) is 17.0 Å². The third-order valence-electron chi connectivity index (χ3n) is 7.28. The maximum atomic E-state index is 6.61. The lowest BCUT2D eigenvalue weighted by Crippen LogP contribution is -2.30. The minimum absolute atomic E-state index is 0.700. The summed E-state index contributed by atoms with van der Waals surface area (Å²) in [5.41, 5.74) is 9.94. The lowest BCUT2D eigenvalue weighted by molar-refractivity contribution is -0.660. The quantitative estimate of drug-likeness (QED) is 0.227. The normalized spacial score (nSPS) is 11.3. The van der Waals surface area contributed by atoms with Crippen LogP contribution in [0.5, 0.6) is 0 Å². The number of aryl methyl sites for hydroxylation is 2. The molecule has 0 aliphatic rings. The van der Waals surface area contributed by atoms with Crippen LogP contribution in [0.1, 0.15) is 5.56 Å². The summed E-state index contributed by atoms with van der Waals surface area (Å²) in [6, 6.07) is 39.4. The van der Waals surface area contributed by atoms with Crippen molar-refractivity contribution in [3.8, 4) is 45.2 Å². The third kappa shape index (κ3) is 4.07. The molecule has 3 aromatic heterocycles. The van der Waals surface area contributed by atoms with Gasteiger partial charge >= 0.3 is 0 Å². The molecule has 0 fully saturated rings. The van der Waals surface area contributed by atoms with E-state index in [1.807, 2.05) is 54.6 Å². The van der Waals surface area contributed by atoms with Crippen LogP contribution in [0.15, 0.2) is 126 Å². The summed E-state index contributed by atoms with van der Waals surface area (Å²) in [7, 11) is 2.07. The average Bonchev–Trinajstić information content (AvgIpc) is 3.36. The molecule has 0 unspecified atom stereocenters. The molecule has 39 heavy (non-hydrogen) atoms. The van der Waals surface area contributed by atoms with Gasteiger partial charge in [0, 0.05) is 39.6 Å². The van der Waals surface area contributed by atoms with Gasteiger partial charge in [0.25, 0.3) is 0 Å². The molecule has 0 bridgehead atoms. The Bertz CT molecular complexity index is 1920. The van der Waals surface area contributed by atoms with Gasteiger partial charge in [0.15, 0.2) is 12.0 Å². The van der Waals surface area contributed by atoms with Crippen LogP contribution in [0.3, 0.4) is 0 Å². The highest BCUT2D eigenvalue weighted by Gasteiger charge is 2.20. The second kappa shape index (κ2) is 9.34. The average molecular weight is 505 g/mol. The molecule has 0 saturated heterocycles. The van der Waals surface area contributed by atoms with Crippen LogP contribution in [0.2, 0.25) is 0 Å². The van der Waals surface area contributed by atoms with Crippen molar-refractivity contribution >= 4 is 21.9 Å². The van der Waals surface area contributed by atoms with Crippen molar-refractivity contribution < 1.29 is 8.98 Å². The molecule has 0 aliphatic heterocycles. The van der Waals surface area contributed by atoms with Gasteiger partial charge in [-0.05, 0) is 36.8 Å². The van der Waals surface area contributed by atoms with E-state index in [2.05, 4.69) is 85.4 Å². The molecule has 0 spiro atoms. The first-order chi connectivity index (χ1) is 19.2. The van der Waals surface area contributed by atoms with E-state index in [0.717, 1.165) is 61.3 Å². The van der Waals surface area contributed by atoms with Crippen LogP contribution in [-0.2, 0) is 7.05 Å². The molecule has 4 aromatic carbocycles. The topological polar surface area (TPSA) is 42.8 Å². The summed E-state index contributed by atoms with van der Waals surface area (Å²) in [4.78, 5) is 9.92. The predicted molar refractivity (Wildman–Crippen MR) is 157 cm³/mol. The molecule has 4 nitrogen and oxygen atoms in total. The fourth-order valence-corrected chi connectivity index (χ4v) is 5.27. The maximum Gasteiger partial charge on any atom is 0.216 e. The van der Waals surface area contributed by atoms with Crippen LogP contribution in [0.25, 0.3) is 67.1 Å². The Kier molecular flexibility index (Phi) is 5.52. The first-order valence-electron chi connectivity index (χ1n) is 13.1. The second-order valence-corrected chi connectivity index (χ2v) is 9.84. The van der Waals surface area contributed by atoms with Crippen LogP contribution >= 0.6 is 0 Å². The summed E-state index contributed by atoms with van der Waals surface area (Å²) in [5.74, 6) is 0.700. The summed E-state index contributed by atoms with van der Waals surface area (Å²) in [5, 5.41) is 2.20. The second-order valence-electron chi connectivity index (χ2n) is 9.84. The number of fused-ring (bicyclic) bond motifs is 3. The van der Waals surface area contributed by atoms with Gasteiger partial charge in [-0.1, -0.05) is 78.9 Å². The van der Waals surface area contributed by atoms with Crippen LogP contribution in [0.4, 0.5) is 0 Å². The van der Waals surface area contributed by atoms with Crippen molar-refractivity contribution in [2.24, 2.45) is 7.05 Å². The van der Waals surface area contributed by atoms with Crippen molar-refractivity contribution in [2.45, 2.75) is 6.92 Å². The van der Waals surface area contributed by atoms with Crippen molar-refractivity contribution in [1.82, 2.24) is 9.97 Å². The van der Waals surface area contributed by atoms with Gasteiger partial charge in [-0.25, -0.2) is 14.5 Å². The zero-order valence-corrected chi connectivity index (χ0v) is 21.8. The number of nitrogens with zero attached hydrogens (tertiary/aromatic N) is 3. The molecule has 7 aromatic rings. The molecule has 4 heteroatoms. The van der Waals surface area contributed by atoms with E-state index >= 15 is 0 Å². The molecule has 0 amide bonds. The summed E-state index contributed by atoms with van der Waals surface area (Å²) in [6.45, 7) is 2.14. The van der Waals surface area contributed by atoms with Crippen molar-refractivity contribution in [3.05, 3.63) is 127 Å². The minimum Gasteiger partial charge on any atom is -0.455 e. The summed E-state index contributed by atoms with van der Waals surface area (Å²) >= 11 is 0. The van der Waals surface area contributed by atoms with E-state index < -0.39 is 0 Å². The minimum atomic E-state index is 0.700. The van der Waals surface area contributed by atoms with Gasteiger partial charge in [-0.15, -0.1) is 0 Å². The Balaban J connectivity index is 1.43. The van der Waals surface area contributed by atoms with E-state index in [4.69, 9.17) is 14.4 Å². The van der Waals surface area contributed by atoms with Crippen molar-refractivity contribution in [3.63, 3.8) is 0 Å². The van der Waals surface area contributed by atoms with Gasteiger partial charge in [0.1, 0.15) is 18.2 Å². The van der Waals surface area contributed by atoms with Crippen LogP contribution < -0.4 is 4.57 Å². The highest BCUT2D eigenvalue weighted by atomic mass is 16.3. The van der Waals surface area contributed by atoms with E-state index in [1.165, 1.54) is 5.56 Å². The number of benzene rings is 4. The Morgan fingerprint density at radius 3 is 2.03 bits per heavy atom. The summed E-state index contributed by atoms with van der Waals surface area (Å²) in [6.07, 6.45) is 2.07. The maximum absolute atomic E-state index is 6.61. The molecule has 0 N–H and O–H groups in total. The Hall–Kier alpha value is -5.09. The van der Waals surface area contributed by atoms with Crippen molar-refractivity contribution in [2.75, 3.05) is 0 Å². The molecular weight excluding hydrogens is 478 g/mol. The Morgan fingerprint density at radius 2 is 1.28 bits per heavy atom. The van der Waals surface area contributed by atoms with Gasteiger partial charge in [0.2, 0.25) is 5.69 Å². The largest absolute Gasteiger partial charge is 0.455 e. The number of furan rings is 1. The SMILES string of the molecule is Cc1ccc2c(oc3cc(-c4cc(-c5ccccc5)nc(-c5ccccc5)n4)ccc32)c1-c1cccc[n+]1C. The molecule has 0 atom stereocenters. The summed E-state index contributed by atoms with van der Waals surface area (Å²) < 4.78 is 8.75. The molecule has 186 valence electrons. The Labute approximate surface area is 226 Å². The number of pyridine rings is 1. The zero-order chi connectivity index (χ0) is 26.3. The van der Waals surface area contributed by atoms with Gasteiger partial charge in [-0.3, -0.25) is 0 Å². The molecule has 0 radical (unpaired) electrons. The molecule has 7 rings (SSSR count). The molecule has 0 saturated carbocycles. The number of hydrogen-bond donors (Lipinski definition) is 0. The molecule has 0 aliphatic carbocycles.